The Morgan fingerprint density at radius 1 is 1.70 bits per heavy atom. The summed E-state index contributed by atoms with van der Waals surface area (Å²) in [5, 5.41) is 8.46. The topological polar surface area (TPSA) is 76.0 Å². The Morgan fingerprint density at radius 3 is 2.60 bits per heavy atom. The highest BCUT2D eigenvalue weighted by atomic mass is 31.1. The second kappa shape index (κ2) is 5.70. The Balaban J connectivity index is 3.34. The van der Waals surface area contributed by atoms with Gasteiger partial charge in [-0.05, 0) is 0 Å². The van der Waals surface area contributed by atoms with Crippen LogP contribution in [0.5, 0.6) is 0 Å². The zero-order valence-corrected chi connectivity index (χ0v) is 6.45. The molecule has 2 atom stereocenters. The monoisotopic (exact) mass is 169 g/mol. The van der Waals surface area contributed by atoms with Gasteiger partial charge in [0.25, 0.3) is 0 Å². The van der Waals surface area contributed by atoms with E-state index in [1.165, 1.54) is 7.11 Å². The minimum absolute atomic E-state index is 0.0707. The molecule has 0 saturated heterocycles. The Morgan fingerprint density at radius 2 is 2.30 bits per heavy atom. The highest BCUT2D eigenvalue weighted by molar-refractivity contribution is 7.32. The molecule has 0 radical (unpaired) electrons. The van der Waals surface area contributed by atoms with Crippen LogP contribution in [0, 0.1) is 0 Å². The first-order valence-corrected chi connectivity index (χ1v) is 3.76. The van der Waals surface area contributed by atoms with Crippen LogP contribution in [0.2, 0.25) is 0 Å². The van der Waals surface area contributed by atoms with Gasteiger partial charge in [0.2, 0.25) is 0 Å². The summed E-state index contributed by atoms with van der Waals surface area (Å²) in [6.07, 6.45) is -0.522. The minimum atomic E-state index is -2.59. The van der Waals surface area contributed by atoms with Crippen LogP contribution in [0.1, 0.15) is 0 Å². The summed E-state index contributed by atoms with van der Waals surface area (Å²) in [6, 6.07) is 0. The molecule has 0 rings (SSSR count). The molecule has 0 heterocycles. The smallest absolute Gasteiger partial charge is 0.394 e. The number of aliphatic hydroxyl groups excluding tert-OH is 1. The third-order valence-electron chi connectivity index (χ3n) is 0.908. The van der Waals surface area contributed by atoms with E-state index < -0.39 is 14.4 Å². The molecule has 0 aliphatic rings. The standard InChI is InChI=1S/C4H9O5P/c1-8-4(2-5)3-9-10(6)7/h4-5H,2-3H2,1H3/p+1. The molecule has 5 nitrogen and oxygen atoms in total. The molecule has 2 unspecified atom stereocenters. The predicted octanol–water partition coefficient (Wildman–Crippen LogP) is -0.340. The Bertz CT molecular complexity index is 102. The van der Waals surface area contributed by atoms with E-state index in [4.69, 9.17) is 10.00 Å². The molecule has 10 heavy (non-hydrogen) atoms. The van der Waals surface area contributed by atoms with Crippen LogP contribution in [0.3, 0.4) is 0 Å². The summed E-state index contributed by atoms with van der Waals surface area (Å²) in [4.78, 5) is 8.14. The maximum absolute atomic E-state index is 9.92. The van der Waals surface area contributed by atoms with Gasteiger partial charge in [-0.2, -0.15) is 0 Å². The SMILES string of the molecule is COC(CO)CO[P+](=O)O. The van der Waals surface area contributed by atoms with Crippen LogP contribution in [-0.2, 0) is 13.8 Å². The van der Waals surface area contributed by atoms with E-state index in [-0.39, 0.29) is 13.2 Å². The molecule has 2 N–H and O–H groups in total. The third-order valence-corrected chi connectivity index (χ3v) is 1.28. The Kier molecular flexibility index (Phi) is 5.67. The van der Waals surface area contributed by atoms with Crippen LogP contribution >= 0.6 is 8.25 Å². The van der Waals surface area contributed by atoms with Gasteiger partial charge in [0.15, 0.2) is 0 Å². The Hall–Kier alpha value is -0.0600. The van der Waals surface area contributed by atoms with Gasteiger partial charge in [-0.3, -0.25) is 0 Å². The third kappa shape index (κ3) is 4.78. The lowest BCUT2D eigenvalue weighted by molar-refractivity contribution is 0.0158. The van der Waals surface area contributed by atoms with E-state index in [1.54, 1.807) is 0 Å². The molecule has 0 amide bonds. The fourth-order valence-corrected chi connectivity index (χ4v) is 0.636. The van der Waals surface area contributed by atoms with Crippen molar-refractivity contribution in [3.8, 4) is 0 Å². The van der Waals surface area contributed by atoms with Crippen LogP contribution in [-0.4, -0.2) is 36.4 Å². The minimum Gasteiger partial charge on any atom is -0.394 e. The number of ether oxygens (including phenoxy) is 1. The van der Waals surface area contributed by atoms with Crippen LogP contribution in [0.4, 0.5) is 0 Å². The van der Waals surface area contributed by atoms with E-state index in [9.17, 15) is 4.57 Å². The zero-order valence-electron chi connectivity index (χ0n) is 5.56. The average Bonchev–Trinajstić information content (AvgIpc) is 1.90. The van der Waals surface area contributed by atoms with Gasteiger partial charge in [-0.25, -0.2) is 0 Å². The maximum atomic E-state index is 9.92. The van der Waals surface area contributed by atoms with Gasteiger partial charge < -0.3 is 9.84 Å². The number of hydrogen-bond donors (Lipinski definition) is 2. The summed E-state index contributed by atoms with van der Waals surface area (Å²) >= 11 is 0. The molecule has 0 aromatic rings. The van der Waals surface area contributed by atoms with Crippen LogP contribution in [0.15, 0.2) is 0 Å². The summed E-state index contributed by atoms with van der Waals surface area (Å²) in [6.45, 7) is -0.293. The Labute approximate surface area is 59.5 Å². The molecule has 0 aromatic heterocycles. The zero-order chi connectivity index (χ0) is 7.98. The largest absolute Gasteiger partial charge is 0.694 e. The van der Waals surface area contributed by atoms with Gasteiger partial charge in [-0.15, -0.1) is 9.42 Å². The molecule has 60 valence electrons. The molecule has 0 bridgehead atoms. The molecule has 0 aliphatic carbocycles. The lowest BCUT2D eigenvalue weighted by Gasteiger charge is -2.05. The molecule has 6 heteroatoms. The van der Waals surface area contributed by atoms with Gasteiger partial charge in [0, 0.05) is 11.7 Å². The van der Waals surface area contributed by atoms with Crippen molar-refractivity contribution in [1.29, 1.82) is 0 Å². The summed E-state index contributed by atoms with van der Waals surface area (Å²) < 4.78 is 18.8. The molecule has 0 spiro atoms. The summed E-state index contributed by atoms with van der Waals surface area (Å²) in [5.41, 5.74) is 0. The van der Waals surface area contributed by atoms with Crippen molar-refractivity contribution >= 4 is 8.25 Å². The van der Waals surface area contributed by atoms with Crippen molar-refractivity contribution in [1.82, 2.24) is 0 Å². The van der Waals surface area contributed by atoms with E-state index in [0.29, 0.717) is 0 Å². The first-order chi connectivity index (χ1) is 4.70. The van der Waals surface area contributed by atoms with Crippen molar-refractivity contribution < 1.29 is 23.8 Å². The molecular formula is C4H10O5P+. The lowest BCUT2D eigenvalue weighted by Crippen LogP contribution is -2.20. The van der Waals surface area contributed by atoms with E-state index in [1.807, 2.05) is 0 Å². The summed E-state index contributed by atoms with van der Waals surface area (Å²) in [5.74, 6) is 0. The number of aliphatic hydroxyl groups is 1. The van der Waals surface area contributed by atoms with Gasteiger partial charge >= 0.3 is 8.25 Å². The molecule has 0 aliphatic heterocycles. The van der Waals surface area contributed by atoms with Crippen LogP contribution < -0.4 is 0 Å². The molecule has 0 fully saturated rings. The van der Waals surface area contributed by atoms with Crippen LogP contribution in [0.25, 0.3) is 0 Å². The van der Waals surface area contributed by atoms with Gasteiger partial charge in [0.1, 0.15) is 12.7 Å². The van der Waals surface area contributed by atoms with E-state index in [0.717, 1.165) is 0 Å². The summed E-state index contributed by atoms with van der Waals surface area (Å²) in [7, 11) is -1.20. The fraction of sp³-hybridized carbons (Fsp3) is 1.00. The first kappa shape index (κ1) is 9.94. The number of methoxy groups -OCH3 is 1. The molecular weight excluding hydrogens is 159 g/mol. The lowest BCUT2D eigenvalue weighted by atomic mass is 10.4. The van der Waals surface area contributed by atoms with Gasteiger partial charge in [0.05, 0.1) is 6.61 Å². The highest BCUT2D eigenvalue weighted by Gasteiger charge is 2.16. The van der Waals surface area contributed by atoms with Crippen molar-refractivity contribution in [3.05, 3.63) is 0 Å². The first-order valence-electron chi connectivity index (χ1n) is 2.63. The maximum Gasteiger partial charge on any atom is 0.694 e. The highest BCUT2D eigenvalue weighted by Crippen LogP contribution is 2.14. The molecule has 0 saturated carbocycles. The van der Waals surface area contributed by atoms with E-state index in [2.05, 4.69) is 9.26 Å². The quantitative estimate of drug-likeness (QED) is 0.550. The fourth-order valence-electron chi connectivity index (χ4n) is 0.342. The van der Waals surface area contributed by atoms with Crippen molar-refractivity contribution in [2.24, 2.45) is 0 Å². The van der Waals surface area contributed by atoms with Crippen molar-refractivity contribution in [2.75, 3.05) is 20.3 Å². The second-order valence-electron chi connectivity index (χ2n) is 1.57. The average molecular weight is 169 g/mol. The van der Waals surface area contributed by atoms with Crippen molar-refractivity contribution in [3.63, 3.8) is 0 Å². The molecule has 0 aromatic carbocycles. The van der Waals surface area contributed by atoms with Gasteiger partial charge in [-0.1, -0.05) is 0 Å². The number of hydrogen-bond acceptors (Lipinski definition) is 4. The second-order valence-corrected chi connectivity index (χ2v) is 2.31. The number of rotatable bonds is 5. The van der Waals surface area contributed by atoms with E-state index >= 15 is 0 Å². The van der Waals surface area contributed by atoms with Crippen molar-refractivity contribution in [2.45, 2.75) is 6.10 Å². The predicted molar refractivity (Wildman–Crippen MR) is 33.7 cm³/mol. The normalized spacial score (nSPS) is 14.9.